The Balaban J connectivity index is 1.62. The monoisotopic (exact) mass is 316 g/mol. The van der Waals surface area contributed by atoms with Crippen molar-refractivity contribution in [3.63, 3.8) is 0 Å². The Labute approximate surface area is 136 Å². The van der Waals surface area contributed by atoms with Crippen molar-refractivity contribution in [1.82, 2.24) is 25.0 Å². The second-order valence-electron chi connectivity index (χ2n) is 6.38. The summed E-state index contributed by atoms with van der Waals surface area (Å²) in [6, 6.07) is 2.07. The van der Waals surface area contributed by atoms with Crippen LogP contribution in [-0.2, 0) is 6.54 Å². The van der Waals surface area contributed by atoms with Gasteiger partial charge < -0.3 is 9.42 Å². The first kappa shape index (κ1) is 15.9. The molecule has 0 bridgehead atoms. The molecule has 0 unspecified atom stereocenters. The molecule has 0 radical (unpaired) electrons. The van der Waals surface area contributed by atoms with E-state index in [1.807, 2.05) is 13.8 Å². The lowest BCUT2D eigenvalue weighted by Gasteiger charge is -2.34. The molecule has 1 saturated heterocycles. The summed E-state index contributed by atoms with van der Waals surface area (Å²) in [5, 5.41) is 3.84. The summed E-state index contributed by atoms with van der Waals surface area (Å²) in [5.74, 6) is 3.68. The van der Waals surface area contributed by atoms with Crippen LogP contribution in [0.1, 0.15) is 43.0 Å². The van der Waals surface area contributed by atoms with Gasteiger partial charge in [-0.3, -0.25) is 4.90 Å². The van der Waals surface area contributed by atoms with Crippen molar-refractivity contribution in [1.29, 1.82) is 0 Å². The highest BCUT2D eigenvalue weighted by Crippen LogP contribution is 2.19. The summed E-state index contributed by atoms with van der Waals surface area (Å²) in [6.45, 7) is 12.7. The number of rotatable bonds is 4. The van der Waals surface area contributed by atoms with Crippen molar-refractivity contribution in [2.75, 3.05) is 31.1 Å². The molecule has 7 heteroatoms. The first-order chi connectivity index (χ1) is 11.0. The van der Waals surface area contributed by atoms with Gasteiger partial charge in [0.25, 0.3) is 0 Å². The Morgan fingerprint density at radius 3 is 2.43 bits per heavy atom. The van der Waals surface area contributed by atoms with E-state index in [9.17, 15) is 0 Å². The van der Waals surface area contributed by atoms with Crippen LogP contribution < -0.4 is 4.90 Å². The Kier molecular flexibility index (Phi) is 4.56. The largest absolute Gasteiger partial charge is 0.354 e. The van der Waals surface area contributed by atoms with E-state index in [0.717, 1.165) is 43.5 Å². The Morgan fingerprint density at radius 1 is 1.09 bits per heavy atom. The fourth-order valence-corrected chi connectivity index (χ4v) is 2.73. The van der Waals surface area contributed by atoms with E-state index in [-0.39, 0.29) is 0 Å². The van der Waals surface area contributed by atoms with E-state index in [4.69, 9.17) is 9.51 Å². The van der Waals surface area contributed by atoms with Gasteiger partial charge in [0, 0.05) is 43.9 Å². The molecule has 2 aromatic heterocycles. The molecule has 7 nitrogen and oxygen atoms in total. The van der Waals surface area contributed by atoms with E-state index < -0.39 is 0 Å². The molecule has 0 aliphatic carbocycles. The fraction of sp³-hybridized carbons (Fsp3) is 0.625. The average Bonchev–Trinajstić information content (AvgIpc) is 2.92. The van der Waals surface area contributed by atoms with Gasteiger partial charge >= 0.3 is 0 Å². The summed E-state index contributed by atoms with van der Waals surface area (Å²) < 4.78 is 5.20. The molecule has 0 spiro atoms. The van der Waals surface area contributed by atoms with Crippen LogP contribution >= 0.6 is 0 Å². The Morgan fingerprint density at radius 2 is 1.83 bits per heavy atom. The second kappa shape index (κ2) is 6.62. The predicted molar refractivity (Wildman–Crippen MR) is 87.4 cm³/mol. The highest BCUT2D eigenvalue weighted by molar-refractivity contribution is 5.40. The lowest BCUT2D eigenvalue weighted by atomic mass is 10.2. The zero-order valence-electron chi connectivity index (χ0n) is 14.3. The lowest BCUT2D eigenvalue weighted by molar-refractivity contribution is 0.215. The van der Waals surface area contributed by atoms with Crippen LogP contribution in [0.4, 0.5) is 5.82 Å². The quantitative estimate of drug-likeness (QED) is 0.853. The van der Waals surface area contributed by atoms with Gasteiger partial charge in [0.15, 0.2) is 5.82 Å². The minimum absolute atomic E-state index is 0.343. The van der Waals surface area contributed by atoms with Crippen LogP contribution in [0.25, 0.3) is 0 Å². The molecule has 1 fully saturated rings. The molecule has 0 saturated carbocycles. The zero-order chi connectivity index (χ0) is 16.4. The van der Waals surface area contributed by atoms with E-state index in [0.29, 0.717) is 24.2 Å². The molecule has 124 valence electrons. The Bertz CT molecular complexity index is 660. The van der Waals surface area contributed by atoms with Gasteiger partial charge in [0.1, 0.15) is 11.6 Å². The third-order valence-electron chi connectivity index (χ3n) is 4.00. The summed E-state index contributed by atoms with van der Waals surface area (Å²) in [6.07, 6.45) is 0. The van der Waals surface area contributed by atoms with Crippen LogP contribution in [0.5, 0.6) is 0 Å². The number of piperazine rings is 1. The van der Waals surface area contributed by atoms with Gasteiger partial charge in [0.2, 0.25) is 5.89 Å². The molecule has 0 aromatic carbocycles. The maximum absolute atomic E-state index is 5.20. The number of aromatic nitrogens is 4. The fourth-order valence-electron chi connectivity index (χ4n) is 2.73. The summed E-state index contributed by atoms with van der Waals surface area (Å²) in [7, 11) is 0. The van der Waals surface area contributed by atoms with Crippen LogP contribution in [-0.4, -0.2) is 51.2 Å². The van der Waals surface area contributed by atoms with Gasteiger partial charge in [-0.1, -0.05) is 19.0 Å². The van der Waals surface area contributed by atoms with Crippen LogP contribution in [0.2, 0.25) is 0 Å². The molecule has 1 aliphatic heterocycles. The maximum atomic E-state index is 5.20. The normalized spacial score (nSPS) is 16.3. The molecule has 0 N–H and O–H groups in total. The first-order valence-electron chi connectivity index (χ1n) is 8.13. The minimum atomic E-state index is 0.343. The van der Waals surface area contributed by atoms with E-state index >= 15 is 0 Å². The predicted octanol–water partition coefficient (Wildman–Crippen LogP) is 1.92. The zero-order valence-corrected chi connectivity index (χ0v) is 14.3. The Hall–Kier alpha value is -2.02. The highest BCUT2D eigenvalue weighted by Gasteiger charge is 2.21. The highest BCUT2D eigenvalue weighted by atomic mass is 16.5. The van der Waals surface area contributed by atoms with Crippen molar-refractivity contribution in [3.05, 3.63) is 29.3 Å². The number of hydrogen-bond acceptors (Lipinski definition) is 7. The van der Waals surface area contributed by atoms with E-state index in [1.165, 1.54) is 0 Å². The molecule has 0 amide bonds. The van der Waals surface area contributed by atoms with Gasteiger partial charge in [-0.15, -0.1) is 0 Å². The number of anilines is 1. The topological polar surface area (TPSA) is 71.2 Å². The van der Waals surface area contributed by atoms with Crippen molar-refractivity contribution < 1.29 is 4.52 Å². The van der Waals surface area contributed by atoms with Gasteiger partial charge in [-0.25, -0.2) is 9.97 Å². The van der Waals surface area contributed by atoms with E-state index in [2.05, 4.69) is 44.8 Å². The first-order valence-corrected chi connectivity index (χ1v) is 8.13. The van der Waals surface area contributed by atoms with Gasteiger partial charge in [-0.05, 0) is 13.8 Å². The van der Waals surface area contributed by atoms with Crippen molar-refractivity contribution in [2.45, 2.75) is 40.2 Å². The van der Waals surface area contributed by atoms with Crippen LogP contribution in [0.15, 0.2) is 10.6 Å². The molecule has 23 heavy (non-hydrogen) atoms. The summed E-state index contributed by atoms with van der Waals surface area (Å²) in [5.41, 5.74) is 1.03. The second-order valence-corrected chi connectivity index (χ2v) is 6.38. The SMILES string of the molecule is Cc1cc(N2CCN(Cc3nc(C)no3)CC2)nc(C(C)C)n1. The standard InChI is InChI=1S/C16H24N6O/c1-11(2)16-17-12(3)9-14(19-16)22-7-5-21(6-8-22)10-15-18-13(4)20-23-15/h9,11H,5-8,10H2,1-4H3. The molecular weight excluding hydrogens is 292 g/mol. The molecule has 2 aromatic rings. The van der Waals surface area contributed by atoms with E-state index in [1.54, 1.807) is 0 Å². The van der Waals surface area contributed by atoms with Crippen LogP contribution in [0, 0.1) is 13.8 Å². The maximum Gasteiger partial charge on any atom is 0.240 e. The van der Waals surface area contributed by atoms with Crippen molar-refractivity contribution in [2.24, 2.45) is 0 Å². The lowest BCUT2D eigenvalue weighted by Crippen LogP contribution is -2.46. The number of nitrogens with zero attached hydrogens (tertiary/aromatic N) is 6. The summed E-state index contributed by atoms with van der Waals surface area (Å²) in [4.78, 5) is 18.2. The number of aryl methyl sites for hydroxylation is 2. The smallest absolute Gasteiger partial charge is 0.240 e. The third-order valence-corrected chi connectivity index (χ3v) is 4.00. The van der Waals surface area contributed by atoms with Gasteiger partial charge in [0.05, 0.1) is 6.54 Å². The molecule has 3 heterocycles. The average molecular weight is 316 g/mol. The third kappa shape index (κ3) is 3.85. The molecule has 1 aliphatic rings. The molecule has 0 atom stereocenters. The molecule has 3 rings (SSSR count). The summed E-state index contributed by atoms with van der Waals surface area (Å²) >= 11 is 0. The minimum Gasteiger partial charge on any atom is -0.354 e. The number of hydrogen-bond donors (Lipinski definition) is 0. The molecular formula is C16H24N6O. The van der Waals surface area contributed by atoms with Crippen LogP contribution in [0.3, 0.4) is 0 Å². The van der Waals surface area contributed by atoms with Crippen molar-refractivity contribution >= 4 is 5.82 Å². The van der Waals surface area contributed by atoms with Gasteiger partial charge in [-0.2, -0.15) is 4.98 Å². The van der Waals surface area contributed by atoms with Crippen molar-refractivity contribution in [3.8, 4) is 0 Å².